The van der Waals surface area contributed by atoms with Crippen LogP contribution in [0.5, 0.6) is 0 Å². The van der Waals surface area contributed by atoms with Crippen LogP contribution < -0.4 is 0 Å². The van der Waals surface area contributed by atoms with Gasteiger partial charge in [-0.05, 0) is 25.0 Å². The Labute approximate surface area is 173 Å². The molecule has 2 fully saturated rings. The minimum absolute atomic E-state index is 0.0480. The molecule has 2 aromatic heterocycles. The number of morpholine rings is 1. The summed E-state index contributed by atoms with van der Waals surface area (Å²) >= 11 is 0. The summed E-state index contributed by atoms with van der Waals surface area (Å²) in [5, 5.41) is 8.42. The molecule has 30 heavy (non-hydrogen) atoms. The quantitative estimate of drug-likeness (QED) is 0.683. The Morgan fingerprint density at radius 1 is 1.13 bits per heavy atom. The normalized spacial score (nSPS) is 19.9. The molecule has 2 N–H and O–H groups in total. The molecule has 4 heterocycles. The minimum Gasteiger partial charge on any atom is -0.377 e. The SMILES string of the molecule is O=C(c1cc2ccccc2[nH]1)N1CCc2[nH]nc(C(=O)N3CCOCC34CC4)c2C1. The number of H-pyrrole nitrogens is 2. The number of aromatic nitrogens is 3. The van der Waals surface area contributed by atoms with E-state index in [0.29, 0.717) is 50.7 Å². The molecule has 1 aliphatic carbocycles. The Bertz CT molecular complexity index is 1130. The Kier molecular flexibility index (Phi) is 3.80. The van der Waals surface area contributed by atoms with E-state index in [-0.39, 0.29) is 17.4 Å². The van der Waals surface area contributed by atoms with Crippen LogP contribution in [0.25, 0.3) is 10.9 Å². The van der Waals surface area contributed by atoms with Gasteiger partial charge >= 0.3 is 0 Å². The average molecular weight is 405 g/mol. The van der Waals surface area contributed by atoms with Gasteiger partial charge in [-0.15, -0.1) is 0 Å². The van der Waals surface area contributed by atoms with E-state index in [9.17, 15) is 9.59 Å². The first-order chi connectivity index (χ1) is 14.6. The molecule has 2 amide bonds. The van der Waals surface area contributed by atoms with Gasteiger partial charge < -0.3 is 19.5 Å². The van der Waals surface area contributed by atoms with Crippen molar-refractivity contribution in [2.75, 3.05) is 26.3 Å². The Morgan fingerprint density at radius 2 is 2.00 bits per heavy atom. The van der Waals surface area contributed by atoms with Crippen LogP contribution in [0.4, 0.5) is 0 Å². The topological polar surface area (TPSA) is 94.3 Å². The largest absolute Gasteiger partial charge is 0.377 e. The molecule has 0 atom stereocenters. The summed E-state index contributed by atoms with van der Waals surface area (Å²) < 4.78 is 5.60. The van der Waals surface area contributed by atoms with Crippen molar-refractivity contribution in [2.45, 2.75) is 31.3 Å². The number of amides is 2. The molecule has 3 aromatic rings. The van der Waals surface area contributed by atoms with Crippen molar-refractivity contribution in [1.82, 2.24) is 25.0 Å². The van der Waals surface area contributed by atoms with E-state index in [2.05, 4.69) is 15.2 Å². The zero-order chi connectivity index (χ0) is 20.3. The molecule has 1 saturated heterocycles. The van der Waals surface area contributed by atoms with Crippen molar-refractivity contribution in [3.8, 4) is 0 Å². The van der Waals surface area contributed by atoms with Gasteiger partial charge in [0.1, 0.15) is 5.69 Å². The number of para-hydroxylation sites is 1. The summed E-state index contributed by atoms with van der Waals surface area (Å²) in [5.41, 5.74) is 3.62. The molecular formula is C22H23N5O3. The van der Waals surface area contributed by atoms with E-state index in [1.165, 1.54) is 0 Å². The van der Waals surface area contributed by atoms with Crippen molar-refractivity contribution in [3.05, 3.63) is 53.0 Å². The van der Waals surface area contributed by atoms with Crippen molar-refractivity contribution in [3.63, 3.8) is 0 Å². The number of ether oxygens (including phenoxy) is 1. The third-order valence-electron chi connectivity index (χ3n) is 6.66. The Balaban J connectivity index is 1.27. The van der Waals surface area contributed by atoms with Gasteiger partial charge in [-0.25, -0.2) is 0 Å². The minimum atomic E-state index is -0.143. The summed E-state index contributed by atoms with van der Waals surface area (Å²) in [6, 6.07) is 9.74. The summed E-state index contributed by atoms with van der Waals surface area (Å²) in [6.07, 6.45) is 2.63. The first-order valence-corrected chi connectivity index (χ1v) is 10.5. The van der Waals surface area contributed by atoms with Gasteiger partial charge in [0.05, 0.1) is 25.3 Å². The van der Waals surface area contributed by atoms with E-state index < -0.39 is 0 Å². The molecule has 1 saturated carbocycles. The summed E-state index contributed by atoms with van der Waals surface area (Å²) in [7, 11) is 0. The molecule has 1 aromatic carbocycles. The number of hydrogen-bond donors (Lipinski definition) is 2. The maximum atomic E-state index is 13.3. The summed E-state index contributed by atoms with van der Waals surface area (Å²) in [6.45, 7) is 2.75. The van der Waals surface area contributed by atoms with Gasteiger partial charge in [0, 0.05) is 41.7 Å². The fourth-order valence-corrected chi connectivity index (χ4v) is 4.74. The van der Waals surface area contributed by atoms with Crippen molar-refractivity contribution in [2.24, 2.45) is 0 Å². The second-order valence-electron chi connectivity index (χ2n) is 8.51. The molecule has 2 aliphatic heterocycles. The lowest BCUT2D eigenvalue weighted by atomic mass is 10.0. The Hall–Kier alpha value is -3.13. The second kappa shape index (κ2) is 6.43. The molecule has 0 unspecified atom stereocenters. The highest BCUT2D eigenvalue weighted by Gasteiger charge is 2.52. The molecule has 8 nitrogen and oxygen atoms in total. The number of hydrogen-bond acceptors (Lipinski definition) is 4. The number of nitrogens with one attached hydrogen (secondary N) is 2. The maximum absolute atomic E-state index is 13.3. The van der Waals surface area contributed by atoms with Gasteiger partial charge in [-0.3, -0.25) is 14.7 Å². The average Bonchev–Trinajstić information content (AvgIpc) is 3.23. The van der Waals surface area contributed by atoms with Gasteiger partial charge in [0.2, 0.25) is 0 Å². The van der Waals surface area contributed by atoms with Crippen molar-refractivity contribution < 1.29 is 14.3 Å². The maximum Gasteiger partial charge on any atom is 0.275 e. The van der Waals surface area contributed by atoms with E-state index in [1.54, 1.807) is 4.90 Å². The van der Waals surface area contributed by atoms with Crippen LogP contribution in [0.15, 0.2) is 30.3 Å². The van der Waals surface area contributed by atoms with Gasteiger partial charge in [0.15, 0.2) is 5.69 Å². The Morgan fingerprint density at radius 3 is 2.83 bits per heavy atom. The number of carbonyl (C=O) groups is 2. The fraction of sp³-hybridized carbons (Fsp3) is 0.409. The monoisotopic (exact) mass is 405 g/mol. The standard InChI is InChI=1S/C22H23N5O3/c28-20(18-11-14-3-1-2-4-16(14)23-18)26-8-5-17-15(12-26)19(25-24-17)21(29)27-9-10-30-13-22(27)6-7-22/h1-4,11,23H,5-10,12-13H2,(H,24,25). The third-order valence-corrected chi connectivity index (χ3v) is 6.66. The number of fused-ring (bicyclic) bond motifs is 2. The first kappa shape index (κ1) is 17.7. The number of rotatable bonds is 2. The van der Waals surface area contributed by atoms with Gasteiger partial charge in [-0.1, -0.05) is 18.2 Å². The fourth-order valence-electron chi connectivity index (χ4n) is 4.74. The molecule has 154 valence electrons. The summed E-state index contributed by atoms with van der Waals surface area (Å²) in [5.74, 6) is -0.102. The molecule has 3 aliphatic rings. The van der Waals surface area contributed by atoms with Gasteiger partial charge in [-0.2, -0.15) is 5.10 Å². The van der Waals surface area contributed by atoms with Crippen LogP contribution in [-0.4, -0.2) is 68.6 Å². The lowest BCUT2D eigenvalue weighted by Gasteiger charge is -2.36. The number of benzene rings is 1. The molecular weight excluding hydrogens is 382 g/mol. The van der Waals surface area contributed by atoms with E-state index in [1.807, 2.05) is 35.2 Å². The van der Waals surface area contributed by atoms with Crippen molar-refractivity contribution in [1.29, 1.82) is 0 Å². The van der Waals surface area contributed by atoms with Crippen LogP contribution in [0, 0.1) is 0 Å². The molecule has 0 radical (unpaired) electrons. The molecule has 6 rings (SSSR count). The number of carbonyl (C=O) groups excluding carboxylic acids is 2. The summed E-state index contributed by atoms with van der Waals surface area (Å²) in [4.78, 5) is 33.4. The third kappa shape index (κ3) is 2.67. The zero-order valence-corrected chi connectivity index (χ0v) is 16.6. The van der Waals surface area contributed by atoms with Crippen LogP contribution in [0.1, 0.15) is 45.1 Å². The lowest BCUT2D eigenvalue weighted by Crippen LogP contribution is -2.51. The first-order valence-electron chi connectivity index (χ1n) is 10.5. The lowest BCUT2D eigenvalue weighted by molar-refractivity contribution is -0.0121. The van der Waals surface area contributed by atoms with Crippen LogP contribution >= 0.6 is 0 Å². The highest BCUT2D eigenvalue weighted by atomic mass is 16.5. The smallest absolute Gasteiger partial charge is 0.275 e. The molecule has 8 heteroatoms. The zero-order valence-electron chi connectivity index (χ0n) is 16.6. The van der Waals surface area contributed by atoms with E-state index in [4.69, 9.17) is 4.74 Å². The predicted molar refractivity (Wildman–Crippen MR) is 109 cm³/mol. The van der Waals surface area contributed by atoms with Gasteiger partial charge in [0.25, 0.3) is 11.8 Å². The number of nitrogens with zero attached hydrogens (tertiary/aromatic N) is 3. The van der Waals surface area contributed by atoms with Crippen LogP contribution in [0.3, 0.4) is 0 Å². The van der Waals surface area contributed by atoms with Crippen LogP contribution in [0.2, 0.25) is 0 Å². The molecule has 0 bridgehead atoms. The van der Waals surface area contributed by atoms with Crippen LogP contribution in [-0.2, 0) is 17.7 Å². The second-order valence-corrected chi connectivity index (χ2v) is 8.51. The van der Waals surface area contributed by atoms with E-state index >= 15 is 0 Å². The highest BCUT2D eigenvalue weighted by Crippen LogP contribution is 2.44. The van der Waals surface area contributed by atoms with E-state index in [0.717, 1.165) is 35.0 Å². The predicted octanol–water partition coefficient (Wildman–Crippen LogP) is 2.09. The van der Waals surface area contributed by atoms with Crippen molar-refractivity contribution >= 4 is 22.7 Å². The number of aromatic amines is 2. The highest BCUT2D eigenvalue weighted by molar-refractivity contribution is 5.99. The molecule has 1 spiro atoms.